The molecule has 0 radical (unpaired) electrons. The summed E-state index contributed by atoms with van der Waals surface area (Å²) in [6.07, 6.45) is 1.86. The molecule has 0 saturated heterocycles. The minimum atomic E-state index is 0.185. The lowest BCUT2D eigenvalue weighted by atomic mass is 10.2. The van der Waals surface area contributed by atoms with Gasteiger partial charge in [0.25, 0.3) is 0 Å². The van der Waals surface area contributed by atoms with E-state index in [4.69, 9.17) is 5.73 Å². The van der Waals surface area contributed by atoms with Crippen molar-refractivity contribution in [3.8, 4) is 17.1 Å². The lowest BCUT2D eigenvalue weighted by Crippen LogP contribution is -2.00. The molecule has 2 aromatic heterocycles. The SMILES string of the molecule is NCc1cccn2c(-c3ccccc3O)nnc12. The lowest BCUT2D eigenvalue weighted by molar-refractivity contribution is 0.477. The number of aromatic nitrogens is 3. The van der Waals surface area contributed by atoms with Gasteiger partial charge in [0.2, 0.25) is 0 Å². The van der Waals surface area contributed by atoms with E-state index in [2.05, 4.69) is 10.2 Å². The molecule has 0 aliphatic carbocycles. The highest BCUT2D eigenvalue weighted by Gasteiger charge is 2.12. The Morgan fingerprint density at radius 2 is 1.94 bits per heavy atom. The Kier molecular flexibility index (Phi) is 2.46. The molecule has 0 saturated carbocycles. The highest BCUT2D eigenvalue weighted by molar-refractivity contribution is 5.67. The first-order valence-corrected chi connectivity index (χ1v) is 5.62. The molecule has 2 heterocycles. The van der Waals surface area contributed by atoms with Crippen LogP contribution in [0.5, 0.6) is 5.75 Å². The molecule has 0 spiro atoms. The van der Waals surface area contributed by atoms with Crippen molar-refractivity contribution < 1.29 is 5.11 Å². The number of aromatic hydroxyl groups is 1. The largest absolute Gasteiger partial charge is 0.507 e. The number of rotatable bonds is 2. The van der Waals surface area contributed by atoms with Gasteiger partial charge >= 0.3 is 0 Å². The van der Waals surface area contributed by atoms with Crippen molar-refractivity contribution in [2.24, 2.45) is 5.73 Å². The number of para-hydroxylation sites is 1. The molecule has 3 rings (SSSR count). The van der Waals surface area contributed by atoms with Crippen molar-refractivity contribution in [1.29, 1.82) is 0 Å². The number of nitrogens with two attached hydrogens (primary N) is 1. The second-order valence-corrected chi connectivity index (χ2v) is 3.97. The smallest absolute Gasteiger partial charge is 0.172 e. The van der Waals surface area contributed by atoms with Gasteiger partial charge in [-0.3, -0.25) is 4.40 Å². The molecule has 0 fully saturated rings. The first-order valence-electron chi connectivity index (χ1n) is 5.62. The molecule has 5 heteroatoms. The number of phenols is 1. The van der Waals surface area contributed by atoms with Crippen LogP contribution in [0, 0.1) is 0 Å². The van der Waals surface area contributed by atoms with E-state index in [1.807, 2.05) is 28.8 Å². The third-order valence-corrected chi connectivity index (χ3v) is 2.88. The molecule has 0 aliphatic rings. The number of hydrogen-bond donors (Lipinski definition) is 2. The van der Waals surface area contributed by atoms with E-state index in [1.54, 1.807) is 18.2 Å². The number of nitrogens with zero attached hydrogens (tertiary/aromatic N) is 3. The van der Waals surface area contributed by atoms with E-state index >= 15 is 0 Å². The van der Waals surface area contributed by atoms with Crippen LogP contribution in [0.1, 0.15) is 5.56 Å². The van der Waals surface area contributed by atoms with E-state index in [0.717, 1.165) is 11.2 Å². The predicted molar refractivity (Wildman–Crippen MR) is 68.0 cm³/mol. The molecule has 0 bridgehead atoms. The van der Waals surface area contributed by atoms with E-state index in [9.17, 15) is 5.11 Å². The van der Waals surface area contributed by atoms with E-state index in [-0.39, 0.29) is 5.75 Å². The van der Waals surface area contributed by atoms with Gasteiger partial charge in [0.15, 0.2) is 11.5 Å². The molecule has 0 amide bonds. The Morgan fingerprint density at radius 1 is 1.11 bits per heavy atom. The average molecular weight is 240 g/mol. The van der Waals surface area contributed by atoms with Crippen molar-refractivity contribution in [3.63, 3.8) is 0 Å². The fourth-order valence-corrected chi connectivity index (χ4v) is 1.98. The van der Waals surface area contributed by atoms with E-state index in [1.165, 1.54) is 0 Å². The highest BCUT2D eigenvalue weighted by Crippen LogP contribution is 2.27. The molecule has 0 atom stereocenters. The highest BCUT2D eigenvalue weighted by atomic mass is 16.3. The van der Waals surface area contributed by atoms with Crippen LogP contribution in [-0.4, -0.2) is 19.7 Å². The molecule has 1 aromatic carbocycles. The van der Waals surface area contributed by atoms with Crippen LogP contribution in [0.2, 0.25) is 0 Å². The molecule has 0 unspecified atom stereocenters. The molecule has 0 aliphatic heterocycles. The Bertz CT molecular complexity index is 705. The van der Waals surface area contributed by atoms with E-state index < -0.39 is 0 Å². The maximum Gasteiger partial charge on any atom is 0.172 e. The van der Waals surface area contributed by atoms with Crippen LogP contribution < -0.4 is 5.73 Å². The lowest BCUT2D eigenvalue weighted by Gasteiger charge is -2.03. The molecule has 5 nitrogen and oxygen atoms in total. The van der Waals surface area contributed by atoms with Gasteiger partial charge in [0.05, 0.1) is 5.56 Å². The summed E-state index contributed by atoms with van der Waals surface area (Å²) in [5.41, 5.74) is 7.96. The fraction of sp³-hybridized carbons (Fsp3) is 0.0769. The summed E-state index contributed by atoms with van der Waals surface area (Å²) in [5, 5.41) is 18.1. The van der Waals surface area contributed by atoms with Crippen LogP contribution in [0.4, 0.5) is 0 Å². The number of phenolic OH excluding ortho intramolecular Hbond substituents is 1. The van der Waals surface area contributed by atoms with Gasteiger partial charge in [-0.2, -0.15) is 0 Å². The summed E-state index contributed by atoms with van der Waals surface area (Å²) in [5.74, 6) is 0.795. The van der Waals surface area contributed by atoms with Crippen LogP contribution in [-0.2, 0) is 6.54 Å². The first-order chi connectivity index (χ1) is 8.81. The van der Waals surface area contributed by atoms with Gasteiger partial charge in [-0.25, -0.2) is 0 Å². The number of pyridine rings is 1. The summed E-state index contributed by atoms with van der Waals surface area (Å²) >= 11 is 0. The Balaban J connectivity index is 2.29. The van der Waals surface area contributed by atoms with Crippen LogP contribution >= 0.6 is 0 Å². The number of benzene rings is 1. The van der Waals surface area contributed by atoms with Gasteiger partial charge in [0.1, 0.15) is 5.75 Å². The second-order valence-electron chi connectivity index (χ2n) is 3.97. The van der Waals surface area contributed by atoms with Gasteiger partial charge in [-0.1, -0.05) is 18.2 Å². The minimum absolute atomic E-state index is 0.185. The van der Waals surface area contributed by atoms with Crippen molar-refractivity contribution in [2.45, 2.75) is 6.54 Å². The van der Waals surface area contributed by atoms with Gasteiger partial charge in [0, 0.05) is 18.3 Å². The Labute approximate surface area is 104 Å². The number of hydrogen-bond acceptors (Lipinski definition) is 4. The minimum Gasteiger partial charge on any atom is -0.507 e. The topological polar surface area (TPSA) is 76.4 Å². The van der Waals surface area contributed by atoms with Gasteiger partial charge in [-0.05, 0) is 18.2 Å². The molecule has 90 valence electrons. The molecular weight excluding hydrogens is 228 g/mol. The van der Waals surface area contributed by atoms with Gasteiger partial charge in [-0.15, -0.1) is 10.2 Å². The first kappa shape index (κ1) is 10.7. The van der Waals surface area contributed by atoms with Crippen LogP contribution in [0.15, 0.2) is 42.6 Å². The maximum absolute atomic E-state index is 9.86. The Morgan fingerprint density at radius 3 is 2.72 bits per heavy atom. The zero-order valence-electron chi connectivity index (χ0n) is 9.61. The standard InChI is InChI=1S/C13H12N4O/c14-8-9-4-3-7-17-12(9)15-16-13(17)10-5-1-2-6-11(10)18/h1-7,18H,8,14H2. The summed E-state index contributed by atoms with van der Waals surface area (Å²) in [6.45, 7) is 0.406. The van der Waals surface area contributed by atoms with Crippen LogP contribution in [0.3, 0.4) is 0 Å². The quantitative estimate of drug-likeness (QED) is 0.712. The maximum atomic E-state index is 9.86. The molecule has 3 aromatic rings. The molecular formula is C13H12N4O. The third kappa shape index (κ3) is 1.53. The van der Waals surface area contributed by atoms with Crippen LogP contribution in [0.25, 0.3) is 17.0 Å². The van der Waals surface area contributed by atoms with Crippen molar-refractivity contribution >= 4 is 5.65 Å². The summed E-state index contributed by atoms with van der Waals surface area (Å²) in [6, 6.07) is 10.9. The molecule has 18 heavy (non-hydrogen) atoms. The van der Waals surface area contributed by atoms with Crippen molar-refractivity contribution in [3.05, 3.63) is 48.2 Å². The third-order valence-electron chi connectivity index (χ3n) is 2.88. The normalized spacial score (nSPS) is 10.9. The average Bonchev–Trinajstić information content (AvgIpc) is 2.83. The predicted octanol–water partition coefficient (Wildman–Crippen LogP) is 1.56. The zero-order chi connectivity index (χ0) is 12.5. The second kappa shape index (κ2) is 4.12. The summed E-state index contributed by atoms with van der Waals surface area (Å²) in [7, 11) is 0. The Hall–Kier alpha value is -2.40. The number of fused-ring (bicyclic) bond motifs is 1. The monoisotopic (exact) mass is 240 g/mol. The van der Waals surface area contributed by atoms with Crippen molar-refractivity contribution in [1.82, 2.24) is 14.6 Å². The summed E-state index contributed by atoms with van der Waals surface area (Å²) < 4.78 is 1.83. The summed E-state index contributed by atoms with van der Waals surface area (Å²) in [4.78, 5) is 0. The zero-order valence-corrected chi connectivity index (χ0v) is 9.61. The van der Waals surface area contributed by atoms with Crippen molar-refractivity contribution in [2.75, 3.05) is 0 Å². The van der Waals surface area contributed by atoms with E-state index in [0.29, 0.717) is 17.9 Å². The van der Waals surface area contributed by atoms with Gasteiger partial charge < -0.3 is 10.8 Å². The fourth-order valence-electron chi connectivity index (χ4n) is 1.98. The molecule has 3 N–H and O–H groups in total.